The smallest absolute Gasteiger partial charge is 0.221 e. The predicted octanol–water partition coefficient (Wildman–Crippen LogP) is 7.17. The van der Waals surface area contributed by atoms with E-state index in [4.69, 9.17) is 0 Å². The van der Waals surface area contributed by atoms with Crippen LogP contribution in [-0.2, 0) is 14.4 Å². The highest BCUT2D eigenvalue weighted by Gasteiger charge is 2.28. The van der Waals surface area contributed by atoms with Crippen LogP contribution in [0.1, 0.15) is 149 Å². The Labute approximate surface area is 291 Å². The summed E-state index contributed by atoms with van der Waals surface area (Å²) >= 11 is 0. The molecule has 0 aromatic heterocycles. The van der Waals surface area contributed by atoms with Crippen molar-refractivity contribution in [1.29, 1.82) is 0 Å². The van der Waals surface area contributed by atoms with E-state index < -0.39 is 0 Å². The van der Waals surface area contributed by atoms with Gasteiger partial charge in [0.05, 0.1) is 0 Å². The summed E-state index contributed by atoms with van der Waals surface area (Å²) in [7, 11) is 0. The van der Waals surface area contributed by atoms with E-state index in [1.807, 2.05) is 0 Å². The number of hydrogen-bond donors (Lipinski definition) is 4. The van der Waals surface area contributed by atoms with Crippen LogP contribution >= 0.6 is 0 Å². The number of carbonyl (C=O) groups excluding carboxylic acids is 3. The zero-order valence-electron chi connectivity index (χ0n) is 33.8. The molecule has 0 bridgehead atoms. The van der Waals surface area contributed by atoms with Crippen molar-refractivity contribution >= 4 is 17.7 Å². The van der Waals surface area contributed by atoms with Gasteiger partial charge in [0, 0.05) is 58.5 Å². The normalized spacial score (nSPS) is 13.5. The fraction of sp³-hybridized carbons (Fsp3) is 0.923. The predicted molar refractivity (Wildman–Crippen MR) is 200 cm³/mol. The van der Waals surface area contributed by atoms with E-state index in [-0.39, 0.29) is 50.2 Å². The first-order valence-corrected chi connectivity index (χ1v) is 18.3. The number of rotatable bonds is 22. The Morgan fingerprint density at radius 3 is 1.09 bits per heavy atom. The number of nitrogens with one attached hydrogen (secondary N) is 4. The molecule has 0 saturated carbocycles. The van der Waals surface area contributed by atoms with Crippen molar-refractivity contribution in [2.45, 2.75) is 149 Å². The molecule has 0 aromatic carbocycles. The second-order valence-electron chi connectivity index (χ2n) is 20.2. The van der Waals surface area contributed by atoms with Crippen molar-refractivity contribution in [3.63, 3.8) is 0 Å². The molecule has 0 aliphatic rings. The summed E-state index contributed by atoms with van der Waals surface area (Å²) in [6, 6.07) is 0. The number of carbonyl (C=O) groups is 3. The topological polar surface area (TPSA) is 103 Å². The third-order valence-corrected chi connectivity index (χ3v) is 7.99. The van der Waals surface area contributed by atoms with Crippen molar-refractivity contribution in [3.8, 4) is 0 Å². The molecule has 278 valence electrons. The third kappa shape index (κ3) is 27.9. The Kier molecular flexibility index (Phi) is 18.8. The summed E-state index contributed by atoms with van der Waals surface area (Å²) in [5, 5.41) is 12.8. The third-order valence-electron chi connectivity index (χ3n) is 7.99. The van der Waals surface area contributed by atoms with Crippen molar-refractivity contribution in [2.24, 2.45) is 32.5 Å². The maximum absolute atomic E-state index is 12.8. The van der Waals surface area contributed by atoms with Crippen LogP contribution < -0.4 is 21.3 Å². The Bertz CT molecular complexity index is 888. The van der Waals surface area contributed by atoms with E-state index in [2.05, 4.69) is 130 Å². The van der Waals surface area contributed by atoms with Gasteiger partial charge in [-0.2, -0.15) is 0 Å². The van der Waals surface area contributed by atoms with Gasteiger partial charge in [0.15, 0.2) is 0 Å². The molecule has 4 N–H and O–H groups in total. The average molecular weight is 666 g/mol. The Hall–Kier alpha value is -1.67. The first-order valence-electron chi connectivity index (χ1n) is 18.3. The van der Waals surface area contributed by atoms with Gasteiger partial charge in [0.1, 0.15) is 0 Å². The minimum Gasteiger partial charge on any atom is -0.356 e. The number of nitrogens with zero attached hydrogens (tertiary/aromatic N) is 1. The first-order chi connectivity index (χ1) is 21.1. The van der Waals surface area contributed by atoms with Gasteiger partial charge in [0.25, 0.3) is 0 Å². The molecule has 0 atom stereocenters. The lowest BCUT2D eigenvalue weighted by atomic mass is 9.76. The largest absolute Gasteiger partial charge is 0.356 e. The molecule has 0 heterocycles. The van der Waals surface area contributed by atoms with Crippen LogP contribution in [0.15, 0.2) is 0 Å². The molecule has 0 fully saturated rings. The van der Waals surface area contributed by atoms with Gasteiger partial charge in [-0.05, 0) is 71.3 Å². The fourth-order valence-electron chi connectivity index (χ4n) is 7.38. The minimum absolute atomic E-state index is 0.0255. The van der Waals surface area contributed by atoms with Crippen molar-refractivity contribution < 1.29 is 14.4 Å². The molecule has 0 saturated heterocycles. The van der Waals surface area contributed by atoms with Crippen LogP contribution in [-0.4, -0.2) is 75.0 Å². The number of amides is 3. The van der Waals surface area contributed by atoms with Gasteiger partial charge in [-0.25, -0.2) is 0 Å². The number of hydrogen-bond acceptors (Lipinski definition) is 5. The van der Waals surface area contributed by atoms with Crippen LogP contribution in [0.5, 0.6) is 0 Å². The monoisotopic (exact) mass is 666 g/mol. The molecule has 0 unspecified atom stereocenters. The van der Waals surface area contributed by atoms with Crippen molar-refractivity contribution in [3.05, 3.63) is 0 Å². The van der Waals surface area contributed by atoms with E-state index in [0.717, 1.165) is 38.8 Å². The lowest BCUT2D eigenvalue weighted by Gasteiger charge is -2.32. The van der Waals surface area contributed by atoms with E-state index in [0.29, 0.717) is 58.5 Å². The van der Waals surface area contributed by atoms with Crippen molar-refractivity contribution in [2.75, 3.05) is 52.4 Å². The molecule has 8 nitrogen and oxygen atoms in total. The molecule has 47 heavy (non-hydrogen) atoms. The average Bonchev–Trinajstić information content (AvgIpc) is 2.84. The maximum atomic E-state index is 12.8. The fourth-order valence-corrected chi connectivity index (χ4v) is 7.38. The van der Waals surface area contributed by atoms with Crippen LogP contribution in [0.4, 0.5) is 0 Å². The van der Waals surface area contributed by atoms with E-state index in [1.54, 1.807) is 0 Å². The lowest BCUT2D eigenvalue weighted by Crippen LogP contribution is -2.40. The van der Waals surface area contributed by atoms with Gasteiger partial charge in [-0.1, -0.05) is 104 Å². The molecule has 0 radical (unpaired) electrons. The first kappa shape index (κ1) is 45.3. The van der Waals surface area contributed by atoms with Crippen LogP contribution in [0.3, 0.4) is 0 Å². The Morgan fingerprint density at radius 1 is 0.447 bits per heavy atom. The lowest BCUT2D eigenvalue weighted by molar-refractivity contribution is -0.122. The summed E-state index contributed by atoms with van der Waals surface area (Å²) in [5.74, 6) is 0.190. The standard InChI is InChI=1S/C39H79N5O3/c1-34(2,3)25-37(10,11)28-41-31(45)17-21-40-20-16-22-44(23-18-32(46)42-29-38(12,13)26-35(4,5)6)24-19-33(47)43-30-39(14,15)27-36(7,8)9/h40H,16-30H2,1-15H3,(H,41,45)(H,42,46)(H,43,47). The molecule has 0 aromatic rings. The zero-order chi connectivity index (χ0) is 36.7. The highest BCUT2D eigenvalue weighted by molar-refractivity contribution is 5.77. The summed E-state index contributed by atoms with van der Waals surface area (Å²) < 4.78 is 0. The Balaban J connectivity index is 4.86. The molecule has 0 aliphatic heterocycles. The molecular weight excluding hydrogens is 586 g/mol. The summed E-state index contributed by atoms with van der Waals surface area (Å²) in [6.45, 7) is 38.7. The highest BCUT2D eigenvalue weighted by atomic mass is 16.2. The second kappa shape index (κ2) is 19.5. The summed E-state index contributed by atoms with van der Waals surface area (Å²) in [4.78, 5) is 40.3. The second-order valence-corrected chi connectivity index (χ2v) is 20.2. The van der Waals surface area contributed by atoms with Gasteiger partial charge in [-0.15, -0.1) is 0 Å². The van der Waals surface area contributed by atoms with Gasteiger partial charge >= 0.3 is 0 Å². The molecule has 0 spiro atoms. The van der Waals surface area contributed by atoms with E-state index in [1.165, 1.54) is 0 Å². The quantitative estimate of drug-likeness (QED) is 0.0919. The zero-order valence-corrected chi connectivity index (χ0v) is 33.8. The highest BCUT2D eigenvalue weighted by Crippen LogP contribution is 2.34. The molecule has 8 heteroatoms. The maximum Gasteiger partial charge on any atom is 0.221 e. The van der Waals surface area contributed by atoms with Crippen LogP contribution in [0.25, 0.3) is 0 Å². The van der Waals surface area contributed by atoms with E-state index >= 15 is 0 Å². The molecule has 3 amide bonds. The minimum atomic E-state index is 0.0255. The Morgan fingerprint density at radius 2 is 0.766 bits per heavy atom. The molecular formula is C39H79N5O3. The van der Waals surface area contributed by atoms with Crippen LogP contribution in [0.2, 0.25) is 0 Å². The van der Waals surface area contributed by atoms with Gasteiger partial charge in [0.2, 0.25) is 17.7 Å². The SMILES string of the molecule is CC(C)(C)CC(C)(C)CNC(=O)CCNCCCN(CCC(=O)NCC(C)(C)CC(C)(C)C)CCC(=O)NCC(C)(C)CC(C)(C)C. The molecule has 0 rings (SSSR count). The van der Waals surface area contributed by atoms with E-state index in [9.17, 15) is 14.4 Å². The summed E-state index contributed by atoms with van der Waals surface area (Å²) in [5.41, 5.74) is 0.741. The van der Waals surface area contributed by atoms with Crippen molar-refractivity contribution in [1.82, 2.24) is 26.2 Å². The summed E-state index contributed by atoms with van der Waals surface area (Å²) in [6.07, 6.45) is 5.24. The van der Waals surface area contributed by atoms with Gasteiger partial charge in [-0.3, -0.25) is 14.4 Å². The molecule has 0 aliphatic carbocycles. The van der Waals surface area contributed by atoms with Gasteiger partial charge < -0.3 is 26.2 Å². The van der Waals surface area contributed by atoms with Crippen LogP contribution in [0, 0.1) is 32.5 Å².